The zero-order valence-electron chi connectivity index (χ0n) is 7.52. The molecule has 0 bridgehead atoms. The Balaban J connectivity index is 2.20. The molecule has 0 saturated heterocycles. The predicted molar refractivity (Wildman–Crippen MR) is 58.4 cm³/mol. The standard InChI is InChI=1S/C10H15NOS/c11-9(8-13)6-7-12-10-4-2-1-3-5-10/h1-5,9,13H,6-8,11H2/t9-/m1/s1. The average molecular weight is 197 g/mol. The Labute approximate surface area is 84.5 Å². The Morgan fingerprint density at radius 2 is 2.00 bits per heavy atom. The van der Waals surface area contributed by atoms with Crippen molar-refractivity contribution in [1.82, 2.24) is 0 Å². The van der Waals surface area contributed by atoms with Gasteiger partial charge in [-0.2, -0.15) is 12.6 Å². The molecular weight excluding hydrogens is 182 g/mol. The van der Waals surface area contributed by atoms with Crippen molar-refractivity contribution in [3.8, 4) is 5.75 Å². The number of hydrogen-bond acceptors (Lipinski definition) is 3. The van der Waals surface area contributed by atoms with E-state index in [2.05, 4.69) is 12.6 Å². The SMILES string of the molecule is N[C@@H](CS)CCOc1ccccc1. The molecule has 0 amide bonds. The maximum absolute atomic E-state index is 5.68. The highest BCUT2D eigenvalue weighted by atomic mass is 32.1. The van der Waals surface area contributed by atoms with Gasteiger partial charge in [-0.3, -0.25) is 0 Å². The maximum atomic E-state index is 5.68. The lowest BCUT2D eigenvalue weighted by molar-refractivity contribution is 0.302. The van der Waals surface area contributed by atoms with Crippen LogP contribution in [0.3, 0.4) is 0 Å². The van der Waals surface area contributed by atoms with E-state index in [0.717, 1.165) is 12.2 Å². The van der Waals surface area contributed by atoms with E-state index < -0.39 is 0 Å². The fourth-order valence-electron chi connectivity index (χ4n) is 0.936. The van der Waals surface area contributed by atoms with Crippen LogP contribution < -0.4 is 10.5 Å². The van der Waals surface area contributed by atoms with Crippen molar-refractivity contribution >= 4 is 12.6 Å². The highest BCUT2D eigenvalue weighted by Crippen LogP contribution is 2.08. The van der Waals surface area contributed by atoms with Gasteiger partial charge in [0.1, 0.15) is 5.75 Å². The van der Waals surface area contributed by atoms with Gasteiger partial charge in [-0.25, -0.2) is 0 Å². The Morgan fingerprint density at radius 3 is 2.62 bits per heavy atom. The third-order valence-electron chi connectivity index (χ3n) is 1.74. The Morgan fingerprint density at radius 1 is 1.31 bits per heavy atom. The van der Waals surface area contributed by atoms with Gasteiger partial charge in [-0.15, -0.1) is 0 Å². The molecule has 0 aromatic heterocycles. The van der Waals surface area contributed by atoms with Crippen LogP contribution in [0.4, 0.5) is 0 Å². The van der Waals surface area contributed by atoms with Crippen molar-refractivity contribution < 1.29 is 4.74 Å². The number of nitrogens with two attached hydrogens (primary N) is 1. The smallest absolute Gasteiger partial charge is 0.119 e. The Kier molecular flexibility index (Phi) is 4.72. The molecule has 2 N–H and O–H groups in total. The van der Waals surface area contributed by atoms with Crippen LogP contribution in [0.15, 0.2) is 30.3 Å². The first-order valence-electron chi connectivity index (χ1n) is 4.37. The normalized spacial score (nSPS) is 12.5. The molecule has 0 aliphatic rings. The molecule has 0 spiro atoms. The van der Waals surface area contributed by atoms with Crippen LogP contribution in [0.1, 0.15) is 6.42 Å². The lowest BCUT2D eigenvalue weighted by Gasteiger charge is -2.09. The first kappa shape index (κ1) is 10.4. The second-order valence-electron chi connectivity index (χ2n) is 2.89. The highest BCUT2D eigenvalue weighted by Gasteiger charge is 1.99. The minimum atomic E-state index is 0.132. The monoisotopic (exact) mass is 197 g/mol. The molecule has 0 radical (unpaired) electrons. The fraction of sp³-hybridized carbons (Fsp3) is 0.400. The van der Waals surface area contributed by atoms with Crippen LogP contribution in [0.25, 0.3) is 0 Å². The summed E-state index contributed by atoms with van der Waals surface area (Å²) in [7, 11) is 0. The van der Waals surface area contributed by atoms with Crippen molar-refractivity contribution in [3.63, 3.8) is 0 Å². The van der Waals surface area contributed by atoms with Crippen LogP contribution in [0.5, 0.6) is 5.75 Å². The van der Waals surface area contributed by atoms with Gasteiger partial charge in [-0.1, -0.05) is 18.2 Å². The highest BCUT2D eigenvalue weighted by molar-refractivity contribution is 7.80. The van der Waals surface area contributed by atoms with Crippen LogP contribution >= 0.6 is 12.6 Å². The Bertz CT molecular complexity index is 228. The number of hydrogen-bond donors (Lipinski definition) is 2. The second-order valence-corrected chi connectivity index (χ2v) is 3.26. The van der Waals surface area contributed by atoms with Crippen molar-refractivity contribution in [2.24, 2.45) is 5.73 Å². The molecule has 1 rings (SSSR count). The lowest BCUT2D eigenvalue weighted by Crippen LogP contribution is -2.24. The number of thiol groups is 1. The van der Waals surface area contributed by atoms with Crippen LogP contribution in [-0.4, -0.2) is 18.4 Å². The average Bonchev–Trinajstić information content (AvgIpc) is 2.19. The van der Waals surface area contributed by atoms with E-state index in [0.29, 0.717) is 12.4 Å². The van der Waals surface area contributed by atoms with Crippen molar-refractivity contribution in [2.75, 3.05) is 12.4 Å². The summed E-state index contributed by atoms with van der Waals surface area (Å²) in [6.07, 6.45) is 0.846. The van der Waals surface area contributed by atoms with Crippen LogP contribution in [-0.2, 0) is 0 Å². The molecule has 0 saturated carbocycles. The largest absolute Gasteiger partial charge is 0.494 e. The van der Waals surface area contributed by atoms with Crippen LogP contribution in [0.2, 0.25) is 0 Å². The minimum Gasteiger partial charge on any atom is -0.494 e. The second kappa shape index (κ2) is 5.89. The number of rotatable bonds is 5. The van der Waals surface area contributed by atoms with Crippen molar-refractivity contribution in [2.45, 2.75) is 12.5 Å². The number of para-hydroxylation sites is 1. The molecule has 13 heavy (non-hydrogen) atoms. The van der Waals surface area contributed by atoms with Gasteiger partial charge in [-0.05, 0) is 18.6 Å². The molecule has 1 atom stereocenters. The molecule has 72 valence electrons. The molecule has 0 unspecified atom stereocenters. The van der Waals surface area contributed by atoms with E-state index in [1.807, 2.05) is 30.3 Å². The lowest BCUT2D eigenvalue weighted by atomic mass is 10.3. The summed E-state index contributed by atoms with van der Waals surface area (Å²) in [5.41, 5.74) is 5.68. The predicted octanol–water partition coefficient (Wildman–Crippen LogP) is 1.71. The summed E-state index contributed by atoms with van der Waals surface area (Å²) in [5, 5.41) is 0. The van der Waals surface area contributed by atoms with E-state index in [9.17, 15) is 0 Å². The van der Waals surface area contributed by atoms with Gasteiger partial charge in [0.05, 0.1) is 6.61 Å². The molecule has 0 aliphatic heterocycles. The first-order chi connectivity index (χ1) is 6.33. The van der Waals surface area contributed by atoms with Gasteiger partial charge < -0.3 is 10.5 Å². The summed E-state index contributed by atoms with van der Waals surface area (Å²) < 4.78 is 5.46. The molecular formula is C10H15NOS. The van der Waals surface area contributed by atoms with E-state index in [1.54, 1.807) is 0 Å². The zero-order valence-corrected chi connectivity index (χ0v) is 8.41. The van der Waals surface area contributed by atoms with Gasteiger partial charge in [0.2, 0.25) is 0 Å². The Hall–Kier alpha value is -0.670. The number of ether oxygens (including phenoxy) is 1. The summed E-state index contributed by atoms with van der Waals surface area (Å²) in [5.74, 6) is 1.60. The third-order valence-corrected chi connectivity index (χ3v) is 2.20. The molecule has 2 nitrogen and oxygen atoms in total. The van der Waals surface area contributed by atoms with Gasteiger partial charge in [0, 0.05) is 11.8 Å². The van der Waals surface area contributed by atoms with E-state index in [-0.39, 0.29) is 6.04 Å². The molecule has 0 aliphatic carbocycles. The zero-order chi connectivity index (χ0) is 9.52. The summed E-state index contributed by atoms with van der Waals surface area (Å²) in [6.45, 7) is 0.658. The van der Waals surface area contributed by atoms with E-state index >= 15 is 0 Å². The molecule has 1 aromatic rings. The minimum absolute atomic E-state index is 0.132. The molecule has 0 heterocycles. The van der Waals surface area contributed by atoms with E-state index in [4.69, 9.17) is 10.5 Å². The summed E-state index contributed by atoms with van der Waals surface area (Å²) >= 11 is 4.10. The number of benzene rings is 1. The van der Waals surface area contributed by atoms with Crippen molar-refractivity contribution in [1.29, 1.82) is 0 Å². The summed E-state index contributed by atoms with van der Waals surface area (Å²) in [4.78, 5) is 0. The topological polar surface area (TPSA) is 35.2 Å². The third kappa shape index (κ3) is 4.20. The van der Waals surface area contributed by atoms with Gasteiger partial charge in [0.25, 0.3) is 0 Å². The quantitative estimate of drug-likeness (QED) is 0.705. The molecule has 1 aromatic carbocycles. The van der Waals surface area contributed by atoms with Crippen LogP contribution in [0, 0.1) is 0 Å². The van der Waals surface area contributed by atoms with Gasteiger partial charge >= 0.3 is 0 Å². The van der Waals surface area contributed by atoms with E-state index in [1.165, 1.54) is 0 Å². The van der Waals surface area contributed by atoms with Crippen molar-refractivity contribution in [3.05, 3.63) is 30.3 Å². The van der Waals surface area contributed by atoms with Gasteiger partial charge in [0.15, 0.2) is 0 Å². The molecule has 0 fully saturated rings. The summed E-state index contributed by atoms with van der Waals surface area (Å²) in [6, 6.07) is 9.87. The fourth-order valence-corrected chi connectivity index (χ4v) is 1.12. The molecule has 3 heteroatoms. The first-order valence-corrected chi connectivity index (χ1v) is 5.00. The maximum Gasteiger partial charge on any atom is 0.119 e.